The first-order chi connectivity index (χ1) is 26.5. The summed E-state index contributed by atoms with van der Waals surface area (Å²) in [5.41, 5.74) is 15.1. The molecule has 0 saturated carbocycles. The zero-order chi connectivity index (χ0) is 35.7. The van der Waals surface area contributed by atoms with Crippen LogP contribution in [0.5, 0.6) is 0 Å². The van der Waals surface area contributed by atoms with Gasteiger partial charge in [0.15, 0.2) is 0 Å². The number of thiophene rings is 1. The highest BCUT2D eigenvalue weighted by Gasteiger charge is 2.37. The van der Waals surface area contributed by atoms with Crippen LogP contribution >= 0.6 is 11.3 Å². The van der Waals surface area contributed by atoms with Crippen molar-refractivity contribution in [3.8, 4) is 33.6 Å². The van der Waals surface area contributed by atoms with E-state index in [-0.39, 0.29) is 5.41 Å². The average Bonchev–Trinajstić information content (AvgIpc) is 3.93. The van der Waals surface area contributed by atoms with Crippen LogP contribution in [-0.2, 0) is 5.41 Å². The van der Waals surface area contributed by atoms with E-state index in [4.69, 9.17) is 0 Å². The minimum atomic E-state index is -0.123. The van der Waals surface area contributed by atoms with Crippen molar-refractivity contribution in [1.29, 1.82) is 0 Å². The molecule has 0 N–H and O–H groups in total. The molecule has 0 saturated heterocycles. The smallest absolute Gasteiger partial charge is 0.0547 e. The SMILES string of the molecule is CC1(C)c2cc(-n3c4ccccc4c4ccc(-c5ccc6c7ccccc7n(-c7ccccc7)c6c5)cc43)ccc2-c2c1ccc1c2sc2ccccc21. The molecule has 0 bridgehead atoms. The highest BCUT2D eigenvalue weighted by atomic mass is 32.1. The van der Waals surface area contributed by atoms with Crippen LogP contribution in [0, 0.1) is 0 Å². The molecule has 2 nitrogen and oxygen atoms in total. The fraction of sp³-hybridized carbons (Fsp3) is 0.0588. The van der Waals surface area contributed by atoms with Gasteiger partial charge in [-0.1, -0.05) is 129 Å². The lowest BCUT2D eigenvalue weighted by Crippen LogP contribution is -2.15. The van der Waals surface area contributed by atoms with E-state index in [0.717, 1.165) is 0 Å². The maximum Gasteiger partial charge on any atom is 0.0547 e. The summed E-state index contributed by atoms with van der Waals surface area (Å²) in [4.78, 5) is 0. The molecule has 0 radical (unpaired) electrons. The van der Waals surface area contributed by atoms with Gasteiger partial charge < -0.3 is 9.13 Å². The Morgan fingerprint density at radius 3 is 1.65 bits per heavy atom. The number of rotatable bonds is 3. The van der Waals surface area contributed by atoms with Crippen LogP contribution in [0.1, 0.15) is 25.0 Å². The molecule has 54 heavy (non-hydrogen) atoms. The van der Waals surface area contributed by atoms with E-state index < -0.39 is 0 Å². The summed E-state index contributed by atoms with van der Waals surface area (Å²) >= 11 is 1.93. The van der Waals surface area contributed by atoms with Crippen molar-refractivity contribution in [3.63, 3.8) is 0 Å². The molecule has 0 atom stereocenters. The van der Waals surface area contributed by atoms with Crippen molar-refractivity contribution in [3.05, 3.63) is 181 Å². The second-order valence-electron chi connectivity index (χ2n) is 15.3. The van der Waals surface area contributed by atoms with Gasteiger partial charge in [0.25, 0.3) is 0 Å². The fourth-order valence-corrected chi connectivity index (χ4v) is 10.8. The minimum Gasteiger partial charge on any atom is -0.309 e. The lowest BCUT2D eigenvalue weighted by Gasteiger charge is -2.22. The van der Waals surface area contributed by atoms with Crippen molar-refractivity contribution in [1.82, 2.24) is 9.13 Å². The van der Waals surface area contributed by atoms with Gasteiger partial charge in [-0.3, -0.25) is 0 Å². The Morgan fingerprint density at radius 2 is 0.963 bits per heavy atom. The van der Waals surface area contributed by atoms with Crippen LogP contribution in [0.4, 0.5) is 0 Å². The van der Waals surface area contributed by atoms with E-state index >= 15 is 0 Å². The van der Waals surface area contributed by atoms with Crippen molar-refractivity contribution in [2.45, 2.75) is 19.3 Å². The summed E-state index contributed by atoms with van der Waals surface area (Å²) in [6.07, 6.45) is 0. The van der Waals surface area contributed by atoms with E-state index in [1.807, 2.05) is 11.3 Å². The van der Waals surface area contributed by atoms with Crippen LogP contribution in [0.3, 0.4) is 0 Å². The number of hydrogen-bond acceptors (Lipinski definition) is 1. The predicted octanol–water partition coefficient (Wildman–Crippen LogP) is 14.2. The van der Waals surface area contributed by atoms with Crippen LogP contribution in [0.2, 0.25) is 0 Å². The zero-order valence-electron chi connectivity index (χ0n) is 30.0. The first-order valence-electron chi connectivity index (χ1n) is 18.8. The molecule has 0 spiro atoms. The average molecular weight is 707 g/mol. The Labute approximate surface area is 316 Å². The van der Waals surface area contributed by atoms with Crippen LogP contribution in [0.15, 0.2) is 170 Å². The zero-order valence-corrected chi connectivity index (χ0v) is 30.8. The van der Waals surface area contributed by atoms with Gasteiger partial charge in [0.1, 0.15) is 0 Å². The maximum atomic E-state index is 2.49. The lowest BCUT2D eigenvalue weighted by molar-refractivity contribution is 0.660. The van der Waals surface area contributed by atoms with Crippen LogP contribution in [-0.4, -0.2) is 9.13 Å². The Kier molecular flexibility index (Phi) is 6.03. The molecule has 3 aromatic heterocycles. The summed E-state index contributed by atoms with van der Waals surface area (Å²) in [6.45, 7) is 4.80. The van der Waals surface area contributed by atoms with Gasteiger partial charge >= 0.3 is 0 Å². The first kappa shape index (κ1) is 30.1. The van der Waals surface area contributed by atoms with E-state index in [9.17, 15) is 0 Å². The molecule has 0 fully saturated rings. The van der Waals surface area contributed by atoms with Gasteiger partial charge in [-0.05, 0) is 82.4 Å². The highest BCUT2D eigenvalue weighted by Crippen LogP contribution is 2.54. The molecule has 0 amide bonds. The molecular weight excluding hydrogens is 673 g/mol. The third kappa shape index (κ3) is 4.00. The fourth-order valence-electron chi connectivity index (χ4n) is 9.56. The Morgan fingerprint density at radius 1 is 0.407 bits per heavy atom. The summed E-state index contributed by atoms with van der Waals surface area (Å²) in [6, 6.07) is 63.1. The van der Waals surface area contributed by atoms with Gasteiger partial charge in [-0.25, -0.2) is 0 Å². The van der Waals surface area contributed by atoms with Gasteiger partial charge in [0.05, 0.1) is 22.1 Å². The molecule has 0 aliphatic heterocycles. The molecule has 11 aromatic rings. The van der Waals surface area contributed by atoms with Gasteiger partial charge in [0.2, 0.25) is 0 Å². The summed E-state index contributed by atoms with van der Waals surface area (Å²) in [5.74, 6) is 0. The normalized spacial score (nSPS) is 13.5. The standard InChI is InChI=1S/C51H34N2S/c1-51(2)42-27-26-40-39-16-8-11-19-48(39)54-50(40)49(42)41-25-22-34(30-43(41)51)53-45-18-10-7-15-36(45)38-24-21-32(29-47(38)53)31-20-23-37-35-14-6-9-17-44(35)52(46(37)28-31)33-12-4-3-5-13-33/h3-30H,1-2H3. The van der Waals surface area contributed by atoms with Crippen LogP contribution < -0.4 is 0 Å². The summed E-state index contributed by atoms with van der Waals surface area (Å²) in [5, 5.41) is 7.79. The number of para-hydroxylation sites is 3. The van der Waals surface area contributed by atoms with E-state index in [2.05, 4.69) is 193 Å². The van der Waals surface area contributed by atoms with E-state index in [1.165, 1.54) is 109 Å². The van der Waals surface area contributed by atoms with Gasteiger partial charge in [0, 0.05) is 64.1 Å². The first-order valence-corrected chi connectivity index (χ1v) is 19.6. The maximum absolute atomic E-state index is 2.49. The van der Waals surface area contributed by atoms with E-state index in [1.54, 1.807) is 0 Å². The van der Waals surface area contributed by atoms with E-state index in [0.29, 0.717) is 0 Å². The Bertz CT molecular complexity index is 3350. The number of hydrogen-bond donors (Lipinski definition) is 0. The summed E-state index contributed by atoms with van der Waals surface area (Å²) < 4.78 is 7.64. The molecule has 254 valence electrons. The number of nitrogens with zero attached hydrogens (tertiary/aromatic N) is 2. The molecule has 1 aliphatic rings. The Hall–Kier alpha value is -6.42. The van der Waals surface area contributed by atoms with Crippen LogP contribution in [0.25, 0.3) is 97.4 Å². The Balaban J connectivity index is 1.06. The molecular formula is C51H34N2S. The second-order valence-corrected chi connectivity index (χ2v) is 16.4. The molecule has 3 heterocycles. The molecule has 1 aliphatic carbocycles. The minimum absolute atomic E-state index is 0.123. The molecule has 0 unspecified atom stereocenters. The predicted molar refractivity (Wildman–Crippen MR) is 231 cm³/mol. The lowest BCUT2D eigenvalue weighted by atomic mass is 9.82. The molecule has 3 heteroatoms. The molecule has 8 aromatic carbocycles. The summed E-state index contributed by atoms with van der Waals surface area (Å²) in [7, 11) is 0. The topological polar surface area (TPSA) is 9.86 Å². The quantitative estimate of drug-likeness (QED) is 0.173. The van der Waals surface area contributed by atoms with Gasteiger partial charge in [-0.2, -0.15) is 0 Å². The second kappa shape index (κ2) is 10.8. The number of aromatic nitrogens is 2. The number of fused-ring (bicyclic) bond motifs is 13. The number of benzene rings is 8. The van der Waals surface area contributed by atoms with Crippen molar-refractivity contribution in [2.75, 3.05) is 0 Å². The third-order valence-corrected chi connectivity index (χ3v) is 13.3. The monoisotopic (exact) mass is 706 g/mol. The highest BCUT2D eigenvalue weighted by molar-refractivity contribution is 7.26. The third-order valence-electron chi connectivity index (χ3n) is 12.1. The van der Waals surface area contributed by atoms with Crippen molar-refractivity contribution in [2.24, 2.45) is 0 Å². The largest absolute Gasteiger partial charge is 0.309 e. The van der Waals surface area contributed by atoms with Crippen molar-refractivity contribution >= 4 is 75.1 Å². The molecule has 12 rings (SSSR count). The van der Waals surface area contributed by atoms with Crippen molar-refractivity contribution < 1.29 is 0 Å². The van der Waals surface area contributed by atoms with Gasteiger partial charge in [-0.15, -0.1) is 11.3 Å².